The molecule has 27 heavy (non-hydrogen) atoms. The molecule has 0 aliphatic carbocycles. The molecule has 0 aromatic carbocycles. The first-order valence-electron chi connectivity index (χ1n) is 8.83. The van der Waals surface area contributed by atoms with Crippen molar-refractivity contribution in [3.63, 3.8) is 0 Å². The van der Waals surface area contributed by atoms with Gasteiger partial charge in [0.2, 0.25) is 11.8 Å². The van der Waals surface area contributed by atoms with Gasteiger partial charge in [0.05, 0.1) is 16.8 Å². The van der Waals surface area contributed by atoms with Crippen LogP contribution in [-0.4, -0.2) is 69.9 Å². The van der Waals surface area contributed by atoms with Gasteiger partial charge >= 0.3 is 5.97 Å². The van der Waals surface area contributed by atoms with E-state index >= 15 is 0 Å². The van der Waals surface area contributed by atoms with Gasteiger partial charge in [-0.15, -0.1) is 0 Å². The van der Waals surface area contributed by atoms with Crippen molar-refractivity contribution in [1.29, 1.82) is 0 Å². The van der Waals surface area contributed by atoms with E-state index in [0.717, 1.165) is 0 Å². The Morgan fingerprint density at radius 3 is 2.33 bits per heavy atom. The Bertz CT molecular complexity index is 658. The highest BCUT2D eigenvalue weighted by Crippen LogP contribution is 2.19. The number of carbonyl (C=O) groups excluding carboxylic acids is 2. The summed E-state index contributed by atoms with van der Waals surface area (Å²) in [6.45, 7) is 3.79. The second-order valence-electron chi connectivity index (χ2n) is 6.34. The molecule has 2 N–H and O–H groups in total. The summed E-state index contributed by atoms with van der Waals surface area (Å²) < 4.78 is 25.5. The highest BCUT2D eigenvalue weighted by atomic mass is 32.2. The zero-order chi connectivity index (χ0) is 20.6. The maximum Gasteiger partial charge on any atom is 0.327 e. The van der Waals surface area contributed by atoms with Gasteiger partial charge in [-0.3, -0.25) is 14.5 Å². The van der Waals surface area contributed by atoms with E-state index in [1.807, 2.05) is 13.8 Å². The fourth-order valence-electron chi connectivity index (χ4n) is 2.77. The lowest BCUT2D eigenvalue weighted by molar-refractivity contribution is -0.141. The first-order valence-corrected chi connectivity index (χ1v) is 11.9. The van der Waals surface area contributed by atoms with Crippen molar-refractivity contribution < 1.29 is 27.9 Å². The zero-order valence-corrected chi connectivity index (χ0v) is 17.9. The highest BCUT2D eigenvalue weighted by Gasteiger charge is 2.32. The summed E-state index contributed by atoms with van der Waals surface area (Å²) in [6, 6.07) is -1.52. The Kier molecular flexibility index (Phi) is 9.68. The molecule has 1 aliphatic heterocycles. The summed E-state index contributed by atoms with van der Waals surface area (Å²) in [5.41, 5.74) is 0. The Labute approximate surface area is 169 Å². The quantitative estimate of drug-likeness (QED) is 0.436. The van der Waals surface area contributed by atoms with Crippen LogP contribution in [0.3, 0.4) is 0 Å². The predicted molar refractivity (Wildman–Crippen MR) is 108 cm³/mol. The number of carboxylic acids is 1. The molecule has 8 nitrogen and oxygen atoms in total. The average Bonchev–Trinajstić information content (AvgIpc) is 2.90. The van der Waals surface area contributed by atoms with Crippen molar-refractivity contribution in [2.75, 3.05) is 18.1 Å². The summed E-state index contributed by atoms with van der Waals surface area (Å²) in [4.78, 5) is 36.4. The molecular weight excluding hydrogens is 412 g/mol. The molecule has 2 amide bonds. The van der Waals surface area contributed by atoms with Gasteiger partial charge in [-0.1, -0.05) is 50.7 Å². The van der Waals surface area contributed by atoms with E-state index in [2.05, 4.69) is 5.32 Å². The number of thiocarbonyl (C=S) groups is 1. The summed E-state index contributed by atoms with van der Waals surface area (Å²) in [6.07, 6.45) is 2.13. The first kappa shape index (κ1) is 23.8. The molecule has 0 aromatic rings. The Hall–Kier alpha value is -1.20. The van der Waals surface area contributed by atoms with Crippen molar-refractivity contribution >= 4 is 55.9 Å². The van der Waals surface area contributed by atoms with Crippen molar-refractivity contribution in [2.24, 2.45) is 0 Å². The third-order valence-electron chi connectivity index (χ3n) is 4.16. The molecule has 1 atom stereocenters. The van der Waals surface area contributed by atoms with Crippen LogP contribution < -0.4 is 5.32 Å². The monoisotopic (exact) mass is 438 g/mol. The molecule has 1 fully saturated rings. The van der Waals surface area contributed by atoms with Gasteiger partial charge in [0.25, 0.3) is 0 Å². The Balaban J connectivity index is 2.69. The van der Waals surface area contributed by atoms with Gasteiger partial charge in [-0.05, 0) is 12.8 Å². The minimum atomic E-state index is -3.67. The number of sulfone groups is 1. The molecule has 0 saturated carbocycles. The van der Waals surface area contributed by atoms with Crippen LogP contribution in [0.4, 0.5) is 0 Å². The van der Waals surface area contributed by atoms with Crippen LogP contribution in [-0.2, 0) is 24.2 Å². The standard InChI is InChI=1S/C16H26N2O6S3/c1-3-5-11(6-4-2)27(23,24)10-12(15(21)22)17-13(19)7-8-18-14(20)9-26-16(18)25/h11-12H,3-10H2,1-2H3,(H,17,19)(H,21,22)/t12-/m0/s1. The van der Waals surface area contributed by atoms with Gasteiger partial charge in [-0.25, -0.2) is 13.2 Å². The maximum atomic E-state index is 12.6. The first-order chi connectivity index (χ1) is 12.6. The van der Waals surface area contributed by atoms with Crippen LogP contribution in [0.25, 0.3) is 0 Å². The minimum Gasteiger partial charge on any atom is -0.480 e. The molecule has 0 bridgehead atoms. The smallest absolute Gasteiger partial charge is 0.327 e. The molecule has 0 radical (unpaired) electrons. The summed E-state index contributed by atoms with van der Waals surface area (Å²) in [7, 11) is -3.67. The van der Waals surface area contributed by atoms with Crippen molar-refractivity contribution in [3.05, 3.63) is 0 Å². The van der Waals surface area contributed by atoms with E-state index in [4.69, 9.17) is 12.2 Å². The molecule has 1 heterocycles. The molecule has 0 spiro atoms. The number of aliphatic carboxylic acids is 1. The normalized spacial score (nSPS) is 16.0. The maximum absolute atomic E-state index is 12.6. The number of hydrogen-bond acceptors (Lipinski definition) is 7. The van der Waals surface area contributed by atoms with Gasteiger partial charge in [0.15, 0.2) is 9.84 Å². The molecule has 154 valence electrons. The molecule has 1 aliphatic rings. The average molecular weight is 439 g/mol. The second kappa shape index (κ2) is 11.0. The Morgan fingerprint density at radius 1 is 1.30 bits per heavy atom. The van der Waals surface area contributed by atoms with Crippen molar-refractivity contribution in [1.82, 2.24) is 10.2 Å². The number of rotatable bonds is 12. The number of nitrogens with one attached hydrogen (secondary N) is 1. The lowest BCUT2D eigenvalue weighted by atomic mass is 10.2. The van der Waals surface area contributed by atoms with E-state index in [1.54, 1.807) is 0 Å². The van der Waals surface area contributed by atoms with Gasteiger partial charge in [-0.2, -0.15) is 0 Å². The number of amides is 2. The zero-order valence-electron chi connectivity index (χ0n) is 15.5. The van der Waals surface area contributed by atoms with Crippen molar-refractivity contribution in [2.45, 2.75) is 57.2 Å². The number of thioether (sulfide) groups is 1. The third-order valence-corrected chi connectivity index (χ3v) is 7.88. The van der Waals surface area contributed by atoms with Crippen molar-refractivity contribution in [3.8, 4) is 0 Å². The lowest BCUT2D eigenvalue weighted by Gasteiger charge is -2.21. The molecule has 1 saturated heterocycles. The molecule has 0 unspecified atom stereocenters. The van der Waals surface area contributed by atoms with Gasteiger partial charge in [0, 0.05) is 13.0 Å². The SMILES string of the molecule is CCCC(CCC)S(=O)(=O)C[C@H](NC(=O)CCN1C(=O)CSC1=S)C(=O)O. The highest BCUT2D eigenvalue weighted by molar-refractivity contribution is 8.23. The van der Waals surface area contributed by atoms with Crippen LogP contribution >= 0.6 is 24.0 Å². The predicted octanol–water partition coefficient (Wildman–Crippen LogP) is 1.19. The van der Waals surface area contributed by atoms with E-state index in [9.17, 15) is 27.9 Å². The summed E-state index contributed by atoms with van der Waals surface area (Å²) in [5.74, 6) is -2.64. The minimum absolute atomic E-state index is 0.0455. The molecular formula is C16H26N2O6S3. The van der Waals surface area contributed by atoms with Crippen LogP contribution in [0.15, 0.2) is 0 Å². The third kappa shape index (κ3) is 7.38. The fraction of sp³-hybridized carbons (Fsp3) is 0.750. The number of nitrogens with zero attached hydrogens (tertiary/aromatic N) is 1. The molecule has 1 rings (SSSR count). The summed E-state index contributed by atoms with van der Waals surface area (Å²) in [5, 5.41) is 11.0. The number of hydrogen-bond donors (Lipinski definition) is 2. The number of carboxylic acid groups (broad SMARTS) is 1. The van der Waals surface area contributed by atoms with E-state index in [-0.39, 0.29) is 24.6 Å². The summed E-state index contributed by atoms with van der Waals surface area (Å²) >= 11 is 6.22. The van der Waals surface area contributed by atoms with Crippen LogP contribution in [0.2, 0.25) is 0 Å². The van der Waals surface area contributed by atoms with E-state index in [0.29, 0.717) is 30.0 Å². The number of carbonyl (C=O) groups is 3. The van der Waals surface area contributed by atoms with Crippen LogP contribution in [0.5, 0.6) is 0 Å². The Morgan fingerprint density at radius 2 is 1.89 bits per heavy atom. The second-order valence-corrected chi connectivity index (χ2v) is 10.3. The molecule has 11 heteroatoms. The fourth-order valence-corrected chi connectivity index (χ4v) is 6.04. The largest absolute Gasteiger partial charge is 0.480 e. The lowest BCUT2D eigenvalue weighted by Crippen LogP contribution is -2.47. The van der Waals surface area contributed by atoms with E-state index < -0.39 is 38.8 Å². The van der Waals surface area contributed by atoms with Gasteiger partial charge < -0.3 is 10.4 Å². The van der Waals surface area contributed by atoms with Crippen LogP contribution in [0, 0.1) is 0 Å². The topological polar surface area (TPSA) is 121 Å². The van der Waals surface area contributed by atoms with Crippen LogP contribution in [0.1, 0.15) is 46.0 Å². The van der Waals surface area contributed by atoms with E-state index in [1.165, 1.54) is 16.7 Å². The molecule has 0 aromatic heterocycles. The van der Waals surface area contributed by atoms with Gasteiger partial charge in [0.1, 0.15) is 10.4 Å².